The van der Waals surface area contributed by atoms with Gasteiger partial charge in [-0.1, -0.05) is 6.92 Å². The lowest BCUT2D eigenvalue weighted by molar-refractivity contribution is 0.314. The first-order valence-electron chi connectivity index (χ1n) is 7.85. The normalized spacial score (nSPS) is 18.3. The summed E-state index contributed by atoms with van der Waals surface area (Å²) in [5.74, 6) is 2.62. The van der Waals surface area contributed by atoms with Crippen LogP contribution in [0, 0.1) is 12.8 Å². The Kier molecular flexibility index (Phi) is 4.05. The van der Waals surface area contributed by atoms with Crippen molar-refractivity contribution < 1.29 is 0 Å². The van der Waals surface area contributed by atoms with Crippen LogP contribution in [0.25, 0.3) is 5.65 Å². The van der Waals surface area contributed by atoms with E-state index >= 15 is 0 Å². The lowest BCUT2D eigenvalue weighted by atomic mass is 9.90. The standard InChI is InChI=1S/C15H24N6/c1-4-16-11(2)13-5-8-20(9-6-13)14-15-19-18-12(3)21(15)10-7-17-14/h7,10-11,13,16H,4-6,8-9H2,1-3H3. The summed E-state index contributed by atoms with van der Waals surface area (Å²) < 4.78 is 2.01. The van der Waals surface area contributed by atoms with Crippen molar-refractivity contribution in [1.82, 2.24) is 24.9 Å². The van der Waals surface area contributed by atoms with Crippen LogP contribution in [0.15, 0.2) is 12.4 Å². The number of aryl methyl sites for hydroxylation is 1. The third kappa shape index (κ3) is 2.72. The highest BCUT2D eigenvalue weighted by atomic mass is 15.3. The van der Waals surface area contributed by atoms with E-state index in [4.69, 9.17) is 0 Å². The van der Waals surface area contributed by atoms with Gasteiger partial charge in [0.25, 0.3) is 0 Å². The third-order valence-corrected chi connectivity index (χ3v) is 4.55. The van der Waals surface area contributed by atoms with Crippen molar-refractivity contribution in [3.63, 3.8) is 0 Å². The van der Waals surface area contributed by atoms with E-state index < -0.39 is 0 Å². The van der Waals surface area contributed by atoms with E-state index in [1.54, 1.807) is 0 Å². The van der Waals surface area contributed by atoms with Gasteiger partial charge in [0.1, 0.15) is 5.82 Å². The molecule has 0 amide bonds. The maximum Gasteiger partial charge on any atom is 0.203 e. The van der Waals surface area contributed by atoms with Crippen molar-refractivity contribution in [1.29, 1.82) is 0 Å². The Hall–Kier alpha value is -1.69. The molecule has 3 heterocycles. The molecule has 1 fully saturated rings. The van der Waals surface area contributed by atoms with Crippen LogP contribution in [-0.2, 0) is 0 Å². The monoisotopic (exact) mass is 288 g/mol. The Labute approximate surface area is 125 Å². The second-order valence-electron chi connectivity index (χ2n) is 5.86. The first kappa shape index (κ1) is 14.3. The average molecular weight is 288 g/mol. The van der Waals surface area contributed by atoms with Gasteiger partial charge in [0.2, 0.25) is 5.65 Å². The molecule has 0 saturated carbocycles. The molecule has 1 N–H and O–H groups in total. The number of rotatable bonds is 4. The van der Waals surface area contributed by atoms with E-state index in [1.807, 2.05) is 23.7 Å². The van der Waals surface area contributed by atoms with Crippen LogP contribution in [0.5, 0.6) is 0 Å². The summed E-state index contributed by atoms with van der Waals surface area (Å²) in [6, 6.07) is 0.594. The fourth-order valence-electron chi connectivity index (χ4n) is 3.25. The number of nitrogens with one attached hydrogen (secondary N) is 1. The largest absolute Gasteiger partial charge is 0.353 e. The second-order valence-corrected chi connectivity index (χ2v) is 5.86. The van der Waals surface area contributed by atoms with Gasteiger partial charge in [0.05, 0.1) is 0 Å². The first-order valence-corrected chi connectivity index (χ1v) is 7.85. The van der Waals surface area contributed by atoms with Crippen LogP contribution in [-0.4, -0.2) is 45.3 Å². The number of fused-ring (bicyclic) bond motifs is 1. The number of nitrogens with zero attached hydrogens (tertiary/aromatic N) is 5. The van der Waals surface area contributed by atoms with Crippen molar-refractivity contribution >= 4 is 11.5 Å². The average Bonchev–Trinajstić information content (AvgIpc) is 2.89. The molecule has 1 atom stereocenters. The zero-order valence-electron chi connectivity index (χ0n) is 13.1. The van der Waals surface area contributed by atoms with E-state index in [9.17, 15) is 0 Å². The summed E-state index contributed by atoms with van der Waals surface area (Å²) in [6.45, 7) is 9.56. The Bertz CT molecular complexity index is 599. The maximum absolute atomic E-state index is 4.54. The number of hydrogen-bond donors (Lipinski definition) is 1. The molecule has 1 aliphatic heterocycles. The zero-order valence-corrected chi connectivity index (χ0v) is 13.1. The fourth-order valence-corrected chi connectivity index (χ4v) is 3.25. The van der Waals surface area contributed by atoms with Gasteiger partial charge in [-0.25, -0.2) is 4.98 Å². The predicted molar refractivity (Wildman–Crippen MR) is 83.6 cm³/mol. The zero-order chi connectivity index (χ0) is 14.8. The molecule has 0 aromatic carbocycles. The van der Waals surface area contributed by atoms with Crippen LogP contribution < -0.4 is 10.2 Å². The summed E-state index contributed by atoms with van der Waals surface area (Å²) in [7, 11) is 0. The van der Waals surface area contributed by atoms with Gasteiger partial charge in [-0.3, -0.25) is 4.40 Å². The van der Waals surface area contributed by atoms with Gasteiger partial charge in [-0.05, 0) is 39.2 Å². The van der Waals surface area contributed by atoms with Crippen LogP contribution in [0.1, 0.15) is 32.5 Å². The molecular weight excluding hydrogens is 264 g/mol. The van der Waals surface area contributed by atoms with Gasteiger partial charge in [-0.15, -0.1) is 10.2 Å². The molecule has 1 unspecified atom stereocenters. The molecule has 6 nitrogen and oxygen atoms in total. The molecule has 2 aromatic heterocycles. The summed E-state index contributed by atoms with van der Waals surface area (Å²) in [6.07, 6.45) is 6.16. The summed E-state index contributed by atoms with van der Waals surface area (Å²) in [5, 5.41) is 12.0. The minimum Gasteiger partial charge on any atom is -0.353 e. The first-order chi connectivity index (χ1) is 10.2. The predicted octanol–water partition coefficient (Wildman–Crippen LogP) is 1.65. The lowest BCUT2D eigenvalue weighted by Crippen LogP contribution is -2.42. The van der Waals surface area contributed by atoms with E-state index in [0.29, 0.717) is 6.04 Å². The summed E-state index contributed by atoms with van der Waals surface area (Å²) in [4.78, 5) is 6.88. The molecule has 0 radical (unpaired) electrons. The Balaban J connectivity index is 1.74. The molecule has 21 heavy (non-hydrogen) atoms. The molecular formula is C15H24N6. The van der Waals surface area contributed by atoms with Gasteiger partial charge < -0.3 is 10.2 Å². The molecule has 1 aliphatic rings. The highest BCUT2D eigenvalue weighted by Crippen LogP contribution is 2.26. The molecule has 1 saturated heterocycles. The van der Waals surface area contributed by atoms with Crippen molar-refractivity contribution in [2.45, 2.75) is 39.7 Å². The highest BCUT2D eigenvalue weighted by Gasteiger charge is 2.25. The van der Waals surface area contributed by atoms with Gasteiger partial charge in [0.15, 0.2) is 5.82 Å². The van der Waals surface area contributed by atoms with Gasteiger partial charge in [-0.2, -0.15) is 0 Å². The second kappa shape index (κ2) is 5.97. The highest BCUT2D eigenvalue weighted by molar-refractivity contribution is 5.63. The number of piperidine rings is 1. The van der Waals surface area contributed by atoms with Crippen LogP contribution in [0.3, 0.4) is 0 Å². The summed E-state index contributed by atoms with van der Waals surface area (Å²) in [5.41, 5.74) is 0.869. The number of anilines is 1. The van der Waals surface area contributed by atoms with E-state index in [-0.39, 0.29) is 0 Å². The SMILES string of the molecule is CCNC(C)C1CCN(c2nccn3c(C)nnc23)CC1. The quantitative estimate of drug-likeness (QED) is 0.927. The van der Waals surface area contributed by atoms with Gasteiger partial charge in [0, 0.05) is 31.5 Å². The maximum atomic E-state index is 4.54. The molecule has 0 spiro atoms. The molecule has 0 bridgehead atoms. The lowest BCUT2D eigenvalue weighted by Gasteiger charge is -2.35. The summed E-state index contributed by atoms with van der Waals surface area (Å²) >= 11 is 0. The molecule has 3 rings (SSSR count). The fraction of sp³-hybridized carbons (Fsp3) is 0.667. The minimum atomic E-state index is 0.594. The molecule has 0 aliphatic carbocycles. The topological polar surface area (TPSA) is 58.4 Å². The molecule has 6 heteroatoms. The van der Waals surface area contributed by atoms with Crippen molar-refractivity contribution in [2.24, 2.45) is 5.92 Å². The molecule has 2 aromatic rings. The Morgan fingerprint density at radius 3 is 2.81 bits per heavy atom. The smallest absolute Gasteiger partial charge is 0.203 e. The van der Waals surface area contributed by atoms with E-state index in [0.717, 1.165) is 42.8 Å². The van der Waals surface area contributed by atoms with E-state index in [2.05, 4.69) is 39.2 Å². The van der Waals surface area contributed by atoms with Crippen LogP contribution in [0.4, 0.5) is 5.82 Å². The third-order valence-electron chi connectivity index (χ3n) is 4.55. The van der Waals surface area contributed by atoms with Crippen LogP contribution >= 0.6 is 0 Å². The molecule has 114 valence electrons. The van der Waals surface area contributed by atoms with Crippen molar-refractivity contribution in [3.05, 3.63) is 18.2 Å². The van der Waals surface area contributed by atoms with Crippen LogP contribution in [0.2, 0.25) is 0 Å². The minimum absolute atomic E-state index is 0.594. The van der Waals surface area contributed by atoms with E-state index in [1.165, 1.54) is 12.8 Å². The number of aromatic nitrogens is 4. The Morgan fingerprint density at radius 1 is 1.33 bits per heavy atom. The van der Waals surface area contributed by atoms with Gasteiger partial charge >= 0.3 is 0 Å². The number of hydrogen-bond acceptors (Lipinski definition) is 5. The van der Waals surface area contributed by atoms with Crippen molar-refractivity contribution in [2.75, 3.05) is 24.5 Å². The Morgan fingerprint density at radius 2 is 2.10 bits per heavy atom. The van der Waals surface area contributed by atoms with Crippen molar-refractivity contribution in [3.8, 4) is 0 Å².